The smallest absolute Gasteiger partial charge is 0.378 e. The Hall–Kier alpha value is -1.57. The number of carbonyl (C=O) groups is 1. The molecule has 0 aliphatic carbocycles. The highest BCUT2D eigenvalue weighted by atomic mass is 19.4. The average Bonchev–Trinajstić information content (AvgIpc) is 2.80. The summed E-state index contributed by atoms with van der Waals surface area (Å²) >= 11 is 0. The fourth-order valence-corrected chi connectivity index (χ4v) is 2.17. The molecule has 112 valence electrons. The molecule has 0 spiro atoms. The van der Waals surface area contributed by atoms with Crippen molar-refractivity contribution in [2.45, 2.75) is 26.1 Å². The first-order valence-electron chi connectivity index (χ1n) is 6.30. The lowest BCUT2D eigenvalue weighted by atomic mass is 10.2. The molecule has 0 saturated carbocycles. The van der Waals surface area contributed by atoms with E-state index in [4.69, 9.17) is 4.74 Å². The van der Waals surface area contributed by atoms with Gasteiger partial charge in [-0.15, -0.1) is 0 Å². The summed E-state index contributed by atoms with van der Waals surface area (Å²) in [6.45, 7) is 4.86. The topological polar surface area (TPSA) is 47.4 Å². The second-order valence-corrected chi connectivity index (χ2v) is 4.73. The highest BCUT2D eigenvalue weighted by molar-refractivity contribution is 5.80. The van der Waals surface area contributed by atoms with Crippen LogP contribution in [0.25, 0.3) is 0 Å². The summed E-state index contributed by atoms with van der Waals surface area (Å²) in [5, 5.41) is 3.51. The molecule has 1 aromatic heterocycles. The first kappa shape index (κ1) is 14.8. The van der Waals surface area contributed by atoms with Gasteiger partial charge in [-0.3, -0.25) is 9.48 Å². The van der Waals surface area contributed by atoms with Crippen LogP contribution in [0.15, 0.2) is 6.07 Å². The second-order valence-electron chi connectivity index (χ2n) is 4.73. The van der Waals surface area contributed by atoms with Crippen molar-refractivity contribution in [3.63, 3.8) is 0 Å². The van der Waals surface area contributed by atoms with Gasteiger partial charge in [-0.25, -0.2) is 0 Å². The summed E-state index contributed by atoms with van der Waals surface area (Å²) < 4.78 is 44.1. The first-order valence-corrected chi connectivity index (χ1v) is 6.30. The number of alkyl halides is 3. The van der Waals surface area contributed by atoms with Gasteiger partial charge in [0.25, 0.3) is 0 Å². The van der Waals surface area contributed by atoms with Crippen molar-refractivity contribution in [2.24, 2.45) is 0 Å². The van der Waals surface area contributed by atoms with Crippen molar-refractivity contribution >= 4 is 5.91 Å². The van der Waals surface area contributed by atoms with Gasteiger partial charge in [0, 0.05) is 18.8 Å². The average molecular weight is 291 g/mol. The minimum absolute atomic E-state index is 0.242. The van der Waals surface area contributed by atoms with Crippen molar-refractivity contribution in [1.29, 1.82) is 0 Å². The van der Waals surface area contributed by atoms with Gasteiger partial charge in [0.2, 0.25) is 5.91 Å². The van der Waals surface area contributed by atoms with E-state index >= 15 is 0 Å². The standard InChI is InChI=1S/C12H16F3N3O2/c1-8-7-10(12(13,14)15)16-18(8)9(2)11(19)17-3-5-20-6-4-17/h7,9H,3-6H2,1-2H3/t9-/m1/s1. The Balaban J connectivity index is 2.18. The van der Waals surface area contributed by atoms with Gasteiger partial charge in [0.15, 0.2) is 5.69 Å². The Morgan fingerprint density at radius 2 is 2.00 bits per heavy atom. The van der Waals surface area contributed by atoms with E-state index in [9.17, 15) is 18.0 Å². The van der Waals surface area contributed by atoms with Crippen LogP contribution in [0.1, 0.15) is 24.4 Å². The predicted octanol–water partition coefficient (Wildman–Crippen LogP) is 1.63. The summed E-state index contributed by atoms with van der Waals surface area (Å²) in [5.41, 5.74) is -0.664. The van der Waals surface area contributed by atoms with E-state index in [2.05, 4.69) is 5.10 Å². The molecule has 1 amide bonds. The van der Waals surface area contributed by atoms with Gasteiger partial charge in [-0.2, -0.15) is 18.3 Å². The lowest BCUT2D eigenvalue weighted by Gasteiger charge is -2.29. The zero-order chi connectivity index (χ0) is 14.9. The molecule has 1 aliphatic heterocycles. The lowest BCUT2D eigenvalue weighted by molar-refractivity contribution is -0.143. The summed E-state index contributed by atoms with van der Waals surface area (Å²) in [7, 11) is 0. The molecule has 0 N–H and O–H groups in total. The van der Waals surface area contributed by atoms with E-state index in [1.54, 1.807) is 11.8 Å². The Morgan fingerprint density at radius 1 is 1.40 bits per heavy atom. The lowest BCUT2D eigenvalue weighted by Crippen LogP contribution is -2.44. The monoisotopic (exact) mass is 291 g/mol. The van der Waals surface area contributed by atoms with E-state index in [1.807, 2.05) is 0 Å². The van der Waals surface area contributed by atoms with E-state index < -0.39 is 17.9 Å². The maximum absolute atomic E-state index is 12.6. The molecule has 0 unspecified atom stereocenters. The van der Waals surface area contributed by atoms with Gasteiger partial charge in [-0.1, -0.05) is 0 Å². The second kappa shape index (κ2) is 5.43. The van der Waals surface area contributed by atoms with Crippen LogP contribution in [-0.4, -0.2) is 46.9 Å². The van der Waals surface area contributed by atoms with E-state index in [0.29, 0.717) is 32.0 Å². The quantitative estimate of drug-likeness (QED) is 0.832. The maximum Gasteiger partial charge on any atom is 0.435 e. The zero-order valence-electron chi connectivity index (χ0n) is 11.3. The van der Waals surface area contributed by atoms with Gasteiger partial charge in [-0.05, 0) is 19.9 Å². The Bertz CT molecular complexity index is 493. The number of hydrogen-bond acceptors (Lipinski definition) is 3. The molecule has 1 saturated heterocycles. The van der Waals surface area contributed by atoms with Crippen LogP contribution in [0.3, 0.4) is 0 Å². The minimum atomic E-state index is -4.50. The third-order valence-corrected chi connectivity index (χ3v) is 3.26. The van der Waals surface area contributed by atoms with Crippen LogP contribution in [0.4, 0.5) is 13.2 Å². The van der Waals surface area contributed by atoms with E-state index in [-0.39, 0.29) is 5.91 Å². The molecule has 1 atom stereocenters. The fraction of sp³-hybridized carbons (Fsp3) is 0.667. The fourth-order valence-electron chi connectivity index (χ4n) is 2.17. The van der Waals surface area contributed by atoms with Crippen molar-refractivity contribution in [1.82, 2.24) is 14.7 Å². The number of morpholine rings is 1. The number of hydrogen-bond donors (Lipinski definition) is 0. The third kappa shape index (κ3) is 2.95. The van der Waals surface area contributed by atoms with E-state index in [0.717, 1.165) is 10.7 Å². The number of aromatic nitrogens is 2. The zero-order valence-corrected chi connectivity index (χ0v) is 11.3. The number of aryl methyl sites for hydroxylation is 1. The molecule has 8 heteroatoms. The largest absolute Gasteiger partial charge is 0.435 e. The molecule has 1 aliphatic rings. The molecule has 5 nitrogen and oxygen atoms in total. The van der Waals surface area contributed by atoms with Crippen molar-refractivity contribution < 1.29 is 22.7 Å². The molecule has 0 bridgehead atoms. The molecule has 1 fully saturated rings. The van der Waals surface area contributed by atoms with Gasteiger partial charge in [0.05, 0.1) is 13.2 Å². The SMILES string of the molecule is Cc1cc(C(F)(F)F)nn1[C@H](C)C(=O)N1CCOCC1. The van der Waals surface area contributed by atoms with Gasteiger partial charge in [0.1, 0.15) is 6.04 Å². The predicted molar refractivity (Wildman–Crippen MR) is 64.1 cm³/mol. The molecule has 20 heavy (non-hydrogen) atoms. The molecule has 2 heterocycles. The van der Waals surface area contributed by atoms with Crippen molar-refractivity contribution in [2.75, 3.05) is 26.3 Å². The van der Waals surface area contributed by atoms with Gasteiger partial charge >= 0.3 is 6.18 Å². The highest BCUT2D eigenvalue weighted by Gasteiger charge is 2.36. The molecule has 1 aromatic rings. The molecular formula is C12H16F3N3O2. The Kier molecular flexibility index (Phi) is 4.03. The highest BCUT2D eigenvalue weighted by Crippen LogP contribution is 2.29. The number of rotatable bonds is 2. The van der Waals surface area contributed by atoms with Crippen molar-refractivity contribution in [3.05, 3.63) is 17.5 Å². The maximum atomic E-state index is 12.6. The van der Waals surface area contributed by atoms with Crippen LogP contribution in [0.5, 0.6) is 0 Å². The third-order valence-electron chi connectivity index (χ3n) is 3.26. The van der Waals surface area contributed by atoms with Crippen LogP contribution >= 0.6 is 0 Å². The number of amides is 1. The number of halogens is 3. The van der Waals surface area contributed by atoms with Crippen LogP contribution in [0.2, 0.25) is 0 Å². The number of carbonyl (C=O) groups excluding carboxylic acids is 1. The Morgan fingerprint density at radius 3 is 2.50 bits per heavy atom. The van der Waals surface area contributed by atoms with Crippen LogP contribution in [0, 0.1) is 6.92 Å². The summed E-state index contributed by atoms with van der Waals surface area (Å²) in [4.78, 5) is 13.8. The van der Waals surface area contributed by atoms with Crippen molar-refractivity contribution in [3.8, 4) is 0 Å². The summed E-state index contributed by atoms with van der Waals surface area (Å²) in [5.74, 6) is -0.242. The molecule has 0 aromatic carbocycles. The number of nitrogens with zero attached hydrogens (tertiary/aromatic N) is 3. The molecule has 0 radical (unpaired) electrons. The first-order chi connectivity index (χ1) is 9.30. The minimum Gasteiger partial charge on any atom is -0.378 e. The molecular weight excluding hydrogens is 275 g/mol. The molecule has 2 rings (SSSR count). The summed E-state index contributed by atoms with van der Waals surface area (Å²) in [6, 6.07) is 0.188. The van der Waals surface area contributed by atoms with Crippen LogP contribution < -0.4 is 0 Å². The van der Waals surface area contributed by atoms with Crippen LogP contribution in [-0.2, 0) is 15.7 Å². The number of ether oxygens (including phenoxy) is 1. The van der Waals surface area contributed by atoms with Gasteiger partial charge < -0.3 is 9.64 Å². The Labute approximate surface area is 114 Å². The summed E-state index contributed by atoms with van der Waals surface area (Å²) in [6.07, 6.45) is -4.50. The normalized spacial score (nSPS) is 18.1. The van der Waals surface area contributed by atoms with E-state index in [1.165, 1.54) is 6.92 Å².